The molecule has 2 aromatic carbocycles. The molecule has 18 heavy (non-hydrogen) atoms. The van der Waals surface area contributed by atoms with Crippen molar-refractivity contribution in [2.24, 2.45) is 0 Å². The van der Waals surface area contributed by atoms with Gasteiger partial charge in [0.2, 0.25) is 0 Å². The van der Waals surface area contributed by atoms with Gasteiger partial charge in [-0.2, -0.15) is 0 Å². The predicted octanol–water partition coefficient (Wildman–Crippen LogP) is 3.25. The molecule has 0 radical (unpaired) electrons. The minimum atomic E-state index is -1.12. The summed E-state index contributed by atoms with van der Waals surface area (Å²) in [4.78, 5) is 12.1. The Morgan fingerprint density at radius 3 is 2.50 bits per heavy atom. The second-order valence-corrected chi connectivity index (χ2v) is 4.01. The van der Waals surface area contributed by atoms with Gasteiger partial charge in [0.05, 0.1) is 0 Å². The summed E-state index contributed by atoms with van der Waals surface area (Å²) in [6.45, 7) is 3.66. The first-order chi connectivity index (χ1) is 8.72. The smallest absolute Gasteiger partial charge is 0.195 e. The highest BCUT2D eigenvalue weighted by atomic mass is 16.3. The molecule has 0 spiro atoms. The largest absolute Gasteiger partial charge is 0.380 e. The zero-order chi connectivity index (χ0) is 13.0. The summed E-state index contributed by atoms with van der Waals surface area (Å²) >= 11 is 0. The lowest BCUT2D eigenvalue weighted by Gasteiger charge is -2.10. The number of rotatable bonds is 4. The van der Waals surface area contributed by atoms with Crippen molar-refractivity contribution in [2.45, 2.75) is 6.10 Å². The molecule has 0 saturated carbocycles. The van der Waals surface area contributed by atoms with Crippen molar-refractivity contribution >= 4 is 11.9 Å². The SMILES string of the molecule is C=Cc1cccc(C(=O)C(O)c2ccccc2)c1. The normalized spacial score (nSPS) is 11.8. The molecule has 1 unspecified atom stereocenters. The summed E-state index contributed by atoms with van der Waals surface area (Å²) in [5.74, 6) is -0.301. The van der Waals surface area contributed by atoms with Crippen molar-refractivity contribution in [3.8, 4) is 0 Å². The van der Waals surface area contributed by atoms with Crippen LogP contribution in [0.1, 0.15) is 27.6 Å². The number of hydrogen-bond donors (Lipinski definition) is 1. The number of aliphatic hydroxyl groups excluding tert-OH is 1. The Labute approximate surface area is 106 Å². The molecule has 2 aromatic rings. The maximum Gasteiger partial charge on any atom is 0.195 e. The number of ketones is 1. The Balaban J connectivity index is 2.28. The number of aliphatic hydroxyl groups is 1. The van der Waals surface area contributed by atoms with E-state index in [0.29, 0.717) is 11.1 Å². The van der Waals surface area contributed by atoms with Crippen LogP contribution in [0.3, 0.4) is 0 Å². The van der Waals surface area contributed by atoms with Crippen LogP contribution in [-0.4, -0.2) is 10.9 Å². The van der Waals surface area contributed by atoms with E-state index in [1.54, 1.807) is 48.5 Å². The van der Waals surface area contributed by atoms with Crippen LogP contribution in [0.4, 0.5) is 0 Å². The highest BCUT2D eigenvalue weighted by Gasteiger charge is 2.18. The van der Waals surface area contributed by atoms with E-state index in [0.717, 1.165) is 5.56 Å². The van der Waals surface area contributed by atoms with E-state index in [1.807, 2.05) is 12.1 Å². The molecule has 0 fully saturated rings. The van der Waals surface area contributed by atoms with E-state index in [1.165, 1.54) is 0 Å². The first kappa shape index (κ1) is 12.3. The van der Waals surface area contributed by atoms with Gasteiger partial charge in [-0.15, -0.1) is 0 Å². The van der Waals surface area contributed by atoms with Gasteiger partial charge in [0.1, 0.15) is 6.10 Å². The molecule has 0 saturated heterocycles. The van der Waals surface area contributed by atoms with Crippen LogP contribution in [0, 0.1) is 0 Å². The van der Waals surface area contributed by atoms with Gasteiger partial charge >= 0.3 is 0 Å². The Hall–Kier alpha value is -2.19. The van der Waals surface area contributed by atoms with Gasteiger partial charge in [-0.25, -0.2) is 0 Å². The Kier molecular flexibility index (Phi) is 3.70. The Morgan fingerprint density at radius 2 is 1.83 bits per heavy atom. The van der Waals surface area contributed by atoms with Crippen molar-refractivity contribution in [2.75, 3.05) is 0 Å². The van der Waals surface area contributed by atoms with Gasteiger partial charge in [0.25, 0.3) is 0 Å². The van der Waals surface area contributed by atoms with Crippen LogP contribution < -0.4 is 0 Å². The van der Waals surface area contributed by atoms with Crippen molar-refractivity contribution < 1.29 is 9.90 Å². The third-order valence-electron chi connectivity index (χ3n) is 2.77. The molecule has 1 N–H and O–H groups in total. The zero-order valence-electron chi connectivity index (χ0n) is 9.91. The van der Waals surface area contributed by atoms with Crippen LogP contribution >= 0.6 is 0 Å². The minimum Gasteiger partial charge on any atom is -0.380 e. The molecule has 0 amide bonds. The van der Waals surface area contributed by atoms with Crippen LogP contribution in [-0.2, 0) is 0 Å². The van der Waals surface area contributed by atoms with E-state index in [4.69, 9.17) is 0 Å². The lowest BCUT2D eigenvalue weighted by Crippen LogP contribution is -2.12. The molecule has 0 heterocycles. The van der Waals surface area contributed by atoms with E-state index in [2.05, 4.69) is 6.58 Å². The number of carbonyl (C=O) groups is 1. The first-order valence-electron chi connectivity index (χ1n) is 5.72. The summed E-state index contributed by atoms with van der Waals surface area (Å²) < 4.78 is 0. The molecule has 90 valence electrons. The van der Waals surface area contributed by atoms with Crippen LogP contribution in [0.5, 0.6) is 0 Å². The van der Waals surface area contributed by atoms with Crippen molar-refractivity contribution in [3.63, 3.8) is 0 Å². The monoisotopic (exact) mass is 238 g/mol. The van der Waals surface area contributed by atoms with E-state index >= 15 is 0 Å². The molecule has 0 aliphatic carbocycles. The van der Waals surface area contributed by atoms with Crippen molar-refractivity contribution in [1.82, 2.24) is 0 Å². The zero-order valence-corrected chi connectivity index (χ0v) is 9.91. The molecule has 2 nitrogen and oxygen atoms in total. The molecule has 0 aromatic heterocycles. The highest BCUT2D eigenvalue weighted by Crippen LogP contribution is 2.19. The Morgan fingerprint density at radius 1 is 1.11 bits per heavy atom. The fraction of sp³-hybridized carbons (Fsp3) is 0.0625. The number of hydrogen-bond acceptors (Lipinski definition) is 2. The fourth-order valence-electron chi connectivity index (χ4n) is 1.76. The molecule has 0 aliphatic heterocycles. The third-order valence-corrected chi connectivity index (χ3v) is 2.77. The van der Waals surface area contributed by atoms with E-state index < -0.39 is 6.10 Å². The van der Waals surface area contributed by atoms with Crippen molar-refractivity contribution in [3.05, 3.63) is 77.9 Å². The molecular weight excluding hydrogens is 224 g/mol. The molecule has 1 atom stereocenters. The average Bonchev–Trinajstić information content (AvgIpc) is 2.46. The summed E-state index contributed by atoms with van der Waals surface area (Å²) in [5.41, 5.74) is 1.95. The maximum absolute atomic E-state index is 12.1. The second kappa shape index (κ2) is 5.43. The second-order valence-electron chi connectivity index (χ2n) is 4.01. The molecular formula is C16H14O2. The summed E-state index contributed by atoms with van der Waals surface area (Å²) in [6.07, 6.45) is 0.553. The van der Waals surface area contributed by atoms with Gasteiger partial charge in [-0.05, 0) is 17.2 Å². The maximum atomic E-state index is 12.1. The van der Waals surface area contributed by atoms with Gasteiger partial charge in [-0.1, -0.05) is 61.2 Å². The van der Waals surface area contributed by atoms with E-state index in [-0.39, 0.29) is 5.78 Å². The standard InChI is InChI=1S/C16H14O2/c1-2-12-7-6-10-14(11-12)16(18)15(17)13-8-4-3-5-9-13/h2-11,15,17H,1H2. The van der Waals surface area contributed by atoms with E-state index in [9.17, 15) is 9.90 Å². The topological polar surface area (TPSA) is 37.3 Å². The first-order valence-corrected chi connectivity index (χ1v) is 5.72. The van der Waals surface area contributed by atoms with Gasteiger partial charge in [-0.3, -0.25) is 4.79 Å². The van der Waals surface area contributed by atoms with Crippen molar-refractivity contribution in [1.29, 1.82) is 0 Å². The number of carbonyl (C=O) groups excluding carboxylic acids is 1. The van der Waals surface area contributed by atoms with Crippen LogP contribution in [0.25, 0.3) is 6.08 Å². The molecule has 0 bridgehead atoms. The molecule has 2 heteroatoms. The minimum absolute atomic E-state index is 0.301. The third kappa shape index (κ3) is 2.55. The Bertz CT molecular complexity index is 558. The highest BCUT2D eigenvalue weighted by molar-refractivity contribution is 6.00. The quantitative estimate of drug-likeness (QED) is 0.830. The van der Waals surface area contributed by atoms with Gasteiger partial charge < -0.3 is 5.11 Å². The molecule has 2 rings (SSSR count). The van der Waals surface area contributed by atoms with Gasteiger partial charge in [0, 0.05) is 5.56 Å². The average molecular weight is 238 g/mol. The van der Waals surface area contributed by atoms with Gasteiger partial charge in [0.15, 0.2) is 5.78 Å². The summed E-state index contributed by atoms with van der Waals surface area (Å²) in [5, 5.41) is 10.0. The molecule has 0 aliphatic rings. The summed E-state index contributed by atoms with van der Waals surface area (Å²) in [7, 11) is 0. The lowest BCUT2D eigenvalue weighted by molar-refractivity contribution is 0.0747. The number of Topliss-reactive ketones (excluding diaryl/α,β-unsaturated/α-hetero) is 1. The lowest BCUT2D eigenvalue weighted by atomic mass is 9.99. The predicted molar refractivity (Wildman–Crippen MR) is 72.3 cm³/mol. The van der Waals surface area contributed by atoms with Crippen LogP contribution in [0.15, 0.2) is 61.2 Å². The fourth-order valence-corrected chi connectivity index (χ4v) is 1.76. The summed E-state index contributed by atoms with van der Waals surface area (Å²) in [6, 6.07) is 16.0. The van der Waals surface area contributed by atoms with Crippen LogP contribution in [0.2, 0.25) is 0 Å². The number of benzene rings is 2.